The average molecular weight is 380 g/mol. The quantitative estimate of drug-likeness (QED) is 0.801. The lowest BCUT2D eigenvalue weighted by Gasteiger charge is -2.33. The monoisotopic (exact) mass is 380 g/mol. The predicted octanol–water partition coefficient (Wildman–Crippen LogP) is 1.62. The van der Waals surface area contributed by atoms with Gasteiger partial charge in [-0.1, -0.05) is 12.1 Å². The Hall–Kier alpha value is -2.86. The number of methoxy groups -OCH3 is 1. The highest BCUT2D eigenvalue weighted by Crippen LogP contribution is 2.29. The Kier molecular flexibility index (Phi) is 5.05. The fourth-order valence-electron chi connectivity index (χ4n) is 3.91. The van der Waals surface area contributed by atoms with Crippen molar-refractivity contribution >= 4 is 23.2 Å². The van der Waals surface area contributed by atoms with Crippen LogP contribution in [0, 0.1) is 0 Å². The lowest BCUT2D eigenvalue weighted by atomic mass is 10.1. The Labute approximate surface area is 165 Å². The number of carbonyl (C=O) groups is 2. The smallest absolute Gasteiger partial charge is 0.285 e. The van der Waals surface area contributed by atoms with E-state index in [0.29, 0.717) is 11.7 Å². The van der Waals surface area contributed by atoms with Gasteiger partial charge in [0.05, 0.1) is 24.5 Å². The van der Waals surface area contributed by atoms with E-state index in [0.717, 1.165) is 30.8 Å². The Morgan fingerprint density at radius 3 is 2.61 bits per heavy atom. The summed E-state index contributed by atoms with van der Waals surface area (Å²) in [5.41, 5.74) is 2.65. The van der Waals surface area contributed by atoms with Crippen LogP contribution in [0.25, 0.3) is 0 Å². The van der Waals surface area contributed by atoms with Crippen molar-refractivity contribution in [3.8, 4) is 5.75 Å². The van der Waals surface area contributed by atoms with Gasteiger partial charge in [0.15, 0.2) is 6.04 Å². The number of hydrogen-bond donors (Lipinski definition) is 2. The summed E-state index contributed by atoms with van der Waals surface area (Å²) >= 11 is 0. The third-order valence-corrected chi connectivity index (χ3v) is 5.63. The Morgan fingerprint density at radius 2 is 1.93 bits per heavy atom. The van der Waals surface area contributed by atoms with Gasteiger partial charge in [0, 0.05) is 18.4 Å². The second kappa shape index (κ2) is 7.64. The van der Waals surface area contributed by atoms with Crippen molar-refractivity contribution in [2.75, 3.05) is 23.9 Å². The standard InChI is InChI=1S/C22H25N3O3/c1-15(22(27)25-14-21(26)23-19-5-3-4-6-20(19)25)24(17-9-10-17)13-16-7-11-18(28-2)12-8-16/h3-8,11-12,15,17H,9-10,13-14H2,1-2H3,(H,23,26)/p+1/t15-/m0/s1. The summed E-state index contributed by atoms with van der Waals surface area (Å²) in [5.74, 6) is 0.678. The minimum absolute atomic E-state index is 0.00212. The highest BCUT2D eigenvalue weighted by atomic mass is 16.5. The van der Waals surface area contributed by atoms with Crippen LogP contribution in [0.2, 0.25) is 0 Å². The first-order valence-corrected chi connectivity index (χ1v) is 9.75. The molecule has 2 aliphatic rings. The number of quaternary nitrogens is 1. The van der Waals surface area contributed by atoms with Crippen LogP contribution in [-0.2, 0) is 16.1 Å². The summed E-state index contributed by atoms with van der Waals surface area (Å²) in [4.78, 5) is 28.4. The Balaban J connectivity index is 1.55. The van der Waals surface area contributed by atoms with Crippen LogP contribution in [0.3, 0.4) is 0 Å². The molecule has 2 amide bonds. The van der Waals surface area contributed by atoms with E-state index < -0.39 is 0 Å². The van der Waals surface area contributed by atoms with Gasteiger partial charge in [0.1, 0.15) is 18.8 Å². The molecule has 1 heterocycles. The highest BCUT2D eigenvalue weighted by molar-refractivity contribution is 6.10. The second-order valence-corrected chi connectivity index (χ2v) is 7.59. The van der Waals surface area contributed by atoms with Crippen LogP contribution in [0.1, 0.15) is 25.3 Å². The molecule has 146 valence electrons. The van der Waals surface area contributed by atoms with Gasteiger partial charge in [0.2, 0.25) is 5.91 Å². The number of hydrogen-bond acceptors (Lipinski definition) is 3. The third-order valence-electron chi connectivity index (χ3n) is 5.63. The van der Waals surface area contributed by atoms with E-state index >= 15 is 0 Å². The first kappa shape index (κ1) is 18.5. The second-order valence-electron chi connectivity index (χ2n) is 7.59. The Bertz CT molecular complexity index is 877. The van der Waals surface area contributed by atoms with Crippen molar-refractivity contribution in [1.82, 2.24) is 0 Å². The fraction of sp³-hybridized carbons (Fsp3) is 0.364. The molecule has 1 aliphatic heterocycles. The topological polar surface area (TPSA) is 63.1 Å². The van der Waals surface area contributed by atoms with Gasteiger partial charge in [-0.2, -0.15) is 0 Å². The van der Waals surface area contributed by atoms with E-state index in [2.05, 4.69) is 17.4 Å². The molecule has 6 nitrogen and oxygen atoms in total. The van der Waals surface area contributed by atoms with E-state index in [1.807, 2.05) is 43.3 Å². The Morgan fingerprint density at radius 1 is 1.21 bits per heavy atom. The van der Waals surface area contributed by atoms with Crippen LogP contribution in [0.4, 0.5) is 11.4 Å². The molecule has 0 bridgehead atoms. The molecule has 28 heavy (non-hydrogen) atoms. The number of carbonyl (C=O) groups excluding carboxylic acids is 2. The highest BCUT2D eigenvalue weighted by Gasteiger charge is 2.42. The summed E-state index contributed by atoms with van der Waals surface area (Å²) < 4.78 is 5.24. The molecule has 2 atom stereocenters. The molecule has 2 aromatic rings. The first-order chi connectivity index (χ1) is 13.6. The lowest BCUT2D eigenvalue weighted by molar-refractivity contribution is -0.938. The normalized spacial score (nSPS) is 18.1. The van der Waals surface area contributed by atoms with Gasteiger partial charge in [-0.15, -0.1) is 0 Å². The van der Waals surface area contributed by atoms with Crippen LogP contribution in [0.15, 0.2) is 48.5 Å². The van der Waals surface area contributed by atoms with Crippen molar-refractivity contribution in [2.45, 2.75) is 38.4 Å². The summed E-state index contributed by atoms with van der Waals surface area (Å²) in [6.07, 6.45) is 2.28. The number of anilines is 2. The van der Waals surface area contributed by atoms with E-state index in [9.17, 15) is 9.59 Å². The minimum atomic E-state index is -0.228. The zero-order valence-electron chi connectivity index (χ0n) is 16.3. The molecule has 1 fully saturated rings. The summed E-state index contributed by atoms with van der Waals surface area (Å²) in [6, 6.07) is 15.8. The average Bonchev–Trinajstić information content (AvgIpc) is 3.56. The number of ether oxygens (including phenoxy) is 1. The molecular weight excluding hydrogens is 354 g/mol. The maximum Gasteiger partial charge on any atom is 0.285 e. The molecule has 6 heteroatoms. The number of nitrogens with one attached hydrogen (secondary N) is 2. The van der Waals surface area contributed by atoms with Crippen molar-refractivity contribution in [3.05, 3.63) is 54.1 Å². The van der Waals surface area contributed by atoms with Crippen LogP contribution >= 0.6 is 0 Å². The van der Waals surface area contributed by atoms with Crippen molar-refractivity contribution < 1.29 is 19.2 Å². The maximum absolute atomic E-state index is 13.4. The van der Waals surface area contributed by atoms with E-state index in [4.69, 9.17) is 4.74 Å². The molecule has 2 N–H and O–H groups in total. The van der Waals surface area contributed by atoms with E-state index in [-0.39, 0.29) is 24.4 Å². The molecule has 0 radical (unpaired) electrons. The molecule has 0 aromatic heterocycles. The predicted molar refractivity (Wildman–Crippen MR) is 108 cm³/mol. The number of rotatable bonds is 6. The van der Waals surface area contributed by atoms with Crippen molar-refractivity contribution in [3.63, 3.8) is 0 Å². The molecule has 1 aliphatic carbocycles. The van der Waals surface area contributed by atoms with Gasteiger partial charge in [-0.25, -0.2) is 0 Å². The van der Waals surface area contributed by atoms with Gasteiger partial charge in [-0.3, -0.25) is 14.5 Å². The minimum Gasteiger partial charge on any atom is -0.497 e. The van der Waals surface area contributed by atoms with Crippen LogP contribution in [-0.4, -0.2) is 37.6 Å². The summed E-state index contributed by atoms with van der Waals surface area (Å²) in [7, 11) is 1.66. The van der Waals surface area contributed by atoms with E-state index in [1.165, 1.54) is 10.5 Å². The third kappa shape index (κ3) is 3.73. The van der Waals surface area contributed by atoms with Gasteiger partial charge >= 0.3 is 0 Å². The lowest BCUT2D eigenvalue weighted by Crippen LogP contribution is -3.16. The molecule has 4 rings (SSSR count). The molecule has 0 spiro atoms. The van der Waals surface area contributed by atoms with Gasteiger partial charge in [-0.05, 0) is 43.3 Å². The zero-order chi connectivity index (χ0) is 19.7. The summed E-state index contributed by atoms with van der Waals surface area (Å²) in [6.45, 7) is 2.83. The van der Waals surface area contributed by atoms with Gasteiger partial charge < -0.3 is 15.0 Å². The molecule has 1 unspecified atom stereocenters. The number of nitrogens with zero attached hydrogens (tertiary/aromatic N) is 1. The van der Waals surface area contributed by atoms with Crippen LogP contribution in [0.5, 0.6) is 5.75 Å². The fourth-order valence-corrected chi connectivity index (χ4v) is 3.91. The molecular formula is C22H26N3O3+. The van der Waals surface area contributed by atoms with Crippen molar-refractivity contribution in [2.24, 2.45) is 0 Å². The largest absolute Gasteiger partial charge is 0.497 e. The number of benzene rings is 2. The SMILES string of the molecule is COc1ccc(C[NH+](C2CC2)[C@@H](C)C(=O)N2CC(=O)Nc3ccccc32)cc1. The van der Waals surface area contributed by atoms with E-state index in [1.54, 1.807) is 12.0 Å². The molecule has 1 saturated carbocycles. The molecule has 0 saturated heterocycles. The summed E-state index contributed by atoms with van der Waals surface area (Å²) in [5, 5.41) is 2.85. The molecule has 2 aromatic carbocycles. The van der Waals surface area contributed by atoms with Gasteiger partial charge in [0.25, 0.3) is 5.91 Å². The van der Waals surface area contributed by atoms with Crippen molar-refractivity contribution in [1.29, 1.82) is 0 Å². The zero-order valence-corrected chi connectivity index (χ0v) is 16.3. The maximum atomic E-state index is 13.4. The first-order valence-electron chi connectivity index (χ1n) is 9.75. The number of fused-ring (bicyclic) bond motifs is 1. The number of para-hydroxylation sites is 2. The number of amides is 2. The van der Waals surface area contributed by atoms with Crippen LogP contribution < -0.4 is 19.9 Å².